The molecule has 0 unspecified atom stereocenters. The summed E-state index contributed by atoms with van der Waals surface area (Å²) < 4.78 is 12.9. The minimum Gasteiger partial charge on any atom is -0.478 e. The zero-order valence-electron chi connectivity index (χ0n) is 12.2. The first-order valence-electron chi connectivity index (χ1n) is 6.55. The molecule has 0 radical (unpaired) electrons. The van der Waals surface area contributed by atoms with E-state index in [2.05, 4.69) is 4.98 Å². The van der Waals surface area contributed by atoms with Crippen LogP contribution in [0.1, 0.15) is 27.3 Å². The molecule has 0 aliphatic heterocycles. The SMILES string of the molecule is Cc1cc(N(C)Cc2ccc(F)cc2)c(C(=O)O)c(C)n1. The smallest absolute Gasteiger partial charge is 0.339 e. The number of halogens is 1. The van der Waals surface area contributed by atoms with Crippen LogP contribution in [0.15, 0.2) is 30.3 Å². The summed E-state index contributed by atoms with van der Waals surface area (Å²) in [6.45, 7) is 4.00. The Morgan fingerprint density at radius 2 is 1.90 bits per heavy atom. The number of benzene rings is 1. The third kappa shape index (κ3) is 3.37. The van der Waals surface area contributed by atoms with Gasteiger partial charge in [-0.05, 0) is 37.6 Å². The number of carboxylic acid groups (broad SMARTS) is 1. The molecule has 1 aromatic heterocycles. The summed E-state index contributed by atoms with van der Waals surface area (Å²) >= 11 is 0. The van der Waals surface area contributed by atoms with Gasteiger partial charge in [0, 0.05) is 19.3 Å². The molecule has 0 aliphatic rings. The maximum atomic E-state index is 12.9. The fourth-order valence-corrected chi connectivity index (χ4v) is 2.32. The molecule has 1 heterocycles. The molecule has 0 fully saturated rings. The molecular weight excluding hydrogens is 271 g/mol. The van der Waals surface area contributed by atoms with Gasteiger partial charge in [0.25, 0.3) is 0 Å². The molecule has 0 bridgehead atoms. The van der Waals surface area contributed by atoms with Crippen LogP contribution in [-0.2, 0) is 6.54 Å². The van der Waals surface area contributed by atoms with Gasteiger partial charge < -0.3 is 10.0 Å². The number of hydrogen-bond acceptors (Lipinski definition) is 3. The Morgan fingerprint density at radius 1 is 1.29 bits per heavy atom. The maximum Gasteiger partial charge on any atom is 0.339 e. The predicted octanol–water partition coefficient (Wildman–Crippen LogP) is 3.17. The molecule has 1 N–H and O–H groups in total. The van der Waals surface area contributed by atoms with E-state index in [0.717, 1.165) is 11.3 Å². The fourth-order valence-electron chi connectivity index (χ4n) is 2.32. The van der Waals surface area contributed by atoms with Crippen LogP contribution in [0.5, 0.6) is 0 Å². The highest BCUT2D eigenvalue weighted by Crippen LogP contribution is 2.24. The summed E-state index contributed by atoms with van der Waals surface area (Å²) in [6, 6.07) is 7.91. The number of aryl methyl sites for hydroxylation is 2. The fraction of sp³-hybridized carbons (Fsp3) is 0.250. The molecule has 0 aliphatic carbocycles. The number of anilines is 1. The number of aromatic nitrogens is 1. The van der Waals surface area contributed by atoms with Gasteiger partial charge in [-0.25, -0.2) is 9.18 Å². The molecule has 21 heavy (non-hydrogen) atoms. The lowest BCUT2D eigenvalue weighted by atomic mass is 10.1. The van der Waals surface area contributed by atoms with Gasteiger partial charge in [-0.3, -0.25) is 4.98 Å². The standard InChI is InChI=1S/C16H17FN2O2/c1-10-8-14(15(16(20)21)11(2)18-10)19(3)9-12-4-6-13(17)7-5-12/h4-8H,9H2,1-3H3,(H,20,21). The van der Waals surface area contributed by atoms with E-state index in [1.165, 1.54) is 12.1 Å². The molecular formula is C16H17FN2O2. The summed E-state index contributed by atoms with van der Waals surface area (Å²) in [5, 5.41) is 9.37. The first-order chi connectivity index (χ1) is 9.88. The lowest BCUT2D eigenvalue weighted by molar-refractivity contribution is 0.0696. The Bertz CT molecular complexity index is 669. The molecule has 1 aromatic carbocycles. The number of hydrogen-bond donors (Lipinski definition) is 1. The normalized spacial score (nSPS) is 10.5. The lowest BCUT2D eigenvalue weighted by Gasteiger charge is -2.22. The Balaban J connectivity index is 2.36. The van der Waals surface area contributed by atoms with Crippen molar-refractivity contribution in [2.75, 3.05) is 11.9 Å². The summed E-state index contributed by atoms with van der Waals surface area (Å²) in [4.78, 5) is 17.5. The van der Waals surface area contributed by atoms with Crippen molar-refractivity contribution in [1.29, 1.82) is 0 Å². The summed E-state index contributed by atoms with van der Waals surface area (Å²) in [6.07, 6.45) is 0. The lowest BCUT2D eigenvalue weighted by Crippen LogP contribution is -2.21. The average molecular weight is 288 g/mol. The number of carboxylic acids is 1. The molecule has 110 valence electrons. The Morgan fingerprint density at radius 3 is 2.48 bits per heavy atom. The number of carbonyl (C=O) groups is 1. The maximum absolute atomic E-state index is 12.9. The average Bonchev–Trinajstić information content (AvgIpc) is 2.39. The van der Waals surface area contributed by atoms with Gasteiger partial charge in [-0.2, -0.15) is 0 Å². The summed E-state index contributed by atoms with van der Waals surface area (Å²) in [7, 11) is 1.81. The van der Waals surface area contributed by atoms with Gasteiger partial charge in [0.05, 0.1) is 11.4 Å². The van der Waals surface area contributed by atoms with E-state index in [1.807, 2.05) is 18.9 Å². The van der Waals surface area contributed by atoms with Crippen LogP contribution in [0.25, 0.3) is 0 Å². The van der Waals surface area contributed by atoms with Crippen molar-refractivity contribution >= 4 is 11.7 Å². The van der Waals surface area contributed by atoms with E-state index in [1.54, 1.807) is 25.1 Å². The van der Waals surface area contributed by atoms with Crippen LogP contribution in [0, 0.1) is 19.7 Å². The van der Waals surface area contributed by atoms with Crippen molar-refractivity contribution < 1.29 is 14.3 Å². The number of pyridine rings is 1. The highest BCUT2D eigenvalue weighted by Gasteiger charge is 2.18. The second-order valence-corrected chi connectivity index (χ2v) is 5.03. The van der Waals surface area contributed by atoms with Gasteiger partial charge in [0.2, 0.25) is 0 Å². The molecule has 4 nitrogen and oxygen atoms in total. The first kappa shape index (κ1) is 15.0. The molecule has 2 aromatic rings. The predicted molar refractivity (Wildman–Crippen MR) is 79.2 cm³/mol. The zero-order chi connectivity index (χ0) is 15.6. The van der Waals surface area contributed by atoms with E-state index >= 15 is 0 Å². The zero-order valence-corrected chi connectivity index (χ0v) is 12.2. The molecule has 2 rings (SSSR count). The molecule has 0 saturated carbocycles. The van der Waals surface area contributed by atoms with Gasteiger partial charge in [-0.15, -0.1) is 0 Å². The van der Waals surface area contributed by atoms with Crippen LogP contribution in [0.4, 0.5) is 10.1 Å². The second-order valence-electron chi connectivity index (χ2n) is 5.03. The van der Waals surface area contributed by atoms with Gasteiger partial charge in [0.1, 0.15) is 11.4 Å². The third-order valence-electron chi connectivity index (χ3n) is 3.27. The van der Waals surface area contributed by atoms with E-state index in [9.17, 15) is 14.3 Å². The Labute approximate surface area is 122 Å². The van der Waals surface area contributed by atoms with Crippen LogP contribution >= 0.6 is 0 Å². The van der Waals surface area contributed by atoms with E-state index in [4.69, 9.17) is 0 Å². The van der Waals surface area contributed by atoms with Crippen LogP contribution in [-0.4, -0.2) is 23.1 Å². The minimum atomic E-state index is -0.999. The van der Waals surface area contributed by atoms with Crippen molar-refractivity contribution in [1.82, 2.24) is 4.98 Å². The van der Waals surface area contributed by atoms with Crippen LogP contribution in [0.3, 0.4) is 0 Å². The van der Waals surface area contributed by atoms with E-state index in [-0.39, 0.29) is 11.4 Å². The minimum absolute atomic E-state index is 0.199. The highest BCUT2D eigenvalue weighted by atomic mass is 19.1. The van der Waals surface area contributed by atoms with Gasteiger partial charge >= 0.3 is 5.97 Å². The third-order valence-corrected chi connectivity index (χ3v) is 3.27. The number of rotatable bonds is 4. The molecule has 5 heteroatoms. The molecule has 0 atom stereocenters. The Kier molecular flexibility index (Phi) is 4.21. The largest absolute Gasteiger partial charge is 0.478 e. The van der Waals surface area contributed by atoms with Gasteiger partial charge in [-0.1, -0.05) is 12.1 Å². The van der Waals surface area contributed by atoms with Crippen molar-refractivity contribution in [2.24, 2.45) is 0 Å². The van der Waals surface area contributed by atoms with E-state index in [0.29, 0.717) is 17.9 Å². The first-order valence-corrected chi connectivity index (χ1v) is 6.55. The van der Waals surface area contributed by atoms with Gasteiger partial charge in [0.15, 0.2) is 0 Å². The van der Waals surface area contributed by atoms with Crippen LogP contribution < -0.4 is 4.90 Å². The Hall–Kier alpha value is -2.43. The van der Waals surface area contributed by atoms with Crippen LogP contribution in [0.2, 0.25) is 0 Å². The second kappa shape index (κ2) is 5.91. The summed E-state index contributed by atoms with van der Waals surface area (Å²) in [5.41, 5.74) is 2.96. The van der Waals surface area contributed by atoms with Crippen molar-refractivity contribution in [3.8, 4) is 0 Å². The number of aromatic carboxylic acids is 1. The summed E-state index contributed by atoms with van der Waals surface area (Å²) in [5.74, 6) is -1.29. The van der Waals surface area contributed by atoms with Crippen molar-refractivity contribution in [3.63, 3.8) is 0 Å². The monoisotopic (exact) mass is 288 g/mol. The topological polar surface area (TPSA) is 53.4 Å². The highest BCUT2D eigenvalue weighted by molar-refractivity contribution is 5.95. The number of nitrogens with zero attached hydrogens (tertiary/aromatic N) is 2. The molecule has 0 saturated heterocycles. The van der Waals surface area contributed by atoms with E-state index < -0.39 is 5.97 Å². The molecule has 0 spiro atoms. The van der Waals surface area contributed by atoms with Crippen molar-refractivity contribution in [2.45, 2.75) is 20.4 Å². The quantitative estimate of drug-likeness (QED) is 0.939. The molecule has 0 amide bonds. The van der Waals surface area contributed by atoms with Crippen molar-refractivity contribution in [3.05, 3.63) is 58.7 Å².